The summed E-state index contributed by atoms with van der Waals surface area (Å²) in [5.74, 6) is 1.17. The summed E-state index contributed by atoms with van der Waals surface area (Å²) >= 11 is 7.56. The first-order valence-corrected chi connectivity index (χ1v) is 9.73. The number of thiol groups is 1. The van der Waals surface area contributed by atoms with E-state index in [-0.39, 0.29) is 0 Å². The fraction of sp³-hybridized carbons (Fsp3) is 0.857. The van der Waals surface area contributed by atoms with Crippen LogP contribution in [0.2, 0.25) is 0 Å². The van der Waals surface area contributed by atoms with Crippen LogP contribution in [0.15, 0.2) is 8.68 Å². The highest BCUT2D eigenvalue weighted by Gasteiger charge is 2.00. The Labute approximate surface area is 131 Å². The molecule has 0 aromatic carbocycles. The number of rotatable bonds is 12. The van der Waals surface area contributed by atoms with Crippen molar-refractivity contribution in [3.05, 3.63) is 0 Å². The van der Waals surface area contributed by atoms with Crippen LogP contribution in [0, 0.1) is 0 Å². The molecular weight excluding hydrogens is 292 g/mol. The highest BCUT2D eigenvalue weighted by Crippen LogP contribution is 2.25. The van der Waals surface area contributed by atoms with Gasteiger partial charge in [-0.2, -0.15) is 0 Å². The van der Waals surface area contributed by atoms with E-state index in [0.717, 1.165) is 8.68 Å². The van der Waals surface area contributed by atoms with Gasteiger partial charge in [-0.3, -0.25) is 0 Å². The molecule has 0 atom stereocenters. The first-order valence-electron chi connectivity index (χ1n) is 7.48. The van der Waals surface area contributed by atoms with Crippen molar-refractivity contribution in [2.75, 3.05) is 5.75 Å². The van der Waals surface area contributed by atoms with Gasteiger partial charge in [-0.15, -0.1) is 22.8 Å². The van der Waals surface area contributed by atoms with Gasteiger partial charge in [-0.25, -0.2) is 0 Å². The summed E-state index contributed by atoms with van der Waals surface area (Å²) in [5, 5.41) is 7.95. The second-order valence-electron chi connectivity index (χ2n) is 4.88. The SMILES string of the molecule is CCCCCCCCCCCCSc1nnc(S)s1. The van der Waals surface area contributed by atoms with Gasteiger partial charge >= 0.3 is 0 Å². The van der Waals surface area contributed by atoms with E-state index in [2.05, 4.69) is 29.7 Å². The van der Waals surface area contributed by atoms with Gasteiger partial charge in [-0.05, 0) is 6.42 Å². The Morgan fingerprint density at radius 1 is 0.895 bits per heavy atom. The lowest BCUT2D eigenvalue weighted by atomic mass is 10.1. The Morgan fingerprint density at radius 2 is 1.47 bits per heavy atom. The van der Waals surface area contributed by atoms with E-state index < -0.39 is 0 Å². The molecule has 0 saturated heterocycles. The molecule has 1 aromatic rings. The van der Waals surface area contributed by atoms with Crippen LogP contribution < -0.4 is 0 Å². The lowest BCUT2D eigenvalue weighted by Gasteiger charge is -2.01. The van der Waals surface area contributed by atoms with Crippen LogP contribution in [0.3, 0.4) is 0 Å². The number of thioether (sulfide) groups is 1. The molecule has 1 rings (SSSR count). The molecule has 1 aromatic heterocycles. The van der Waals surface area contributed by atoms with Crippen molar-refractivity contribution in [3.8, 4) is 0 Å². The summed E-state index contributed by atoms with van der Waals surface area (Å²) in [4.78, 5) is 0. The molecule has 0 N–H and O–H groups in total. The second-order valence-corrected chi connectivity index (χ2v) is 7.93. The van der Waals surface area contributed by atoms with Crippen LogP contribution in [0.4, 0.5) is 0 Å². The zero-order chi connectivity index (χ0) is 13.8. The normalized spacial score (nSPS) is 11.1. The van der Waals surface area contributed by atoms with E-state index in [0.29, 0.717) is 0 Å². The largest absolute Gasteiger partial charge is 0.175 e. The zero-order valence-electron chi connectivity index (χ0n) is 11.9. The van der Waals surface area contributed by atoms with E-state index in [9.17, 15) is 0 Å². The van der Waals surface area contributed by atoms with Gasteiger partial charge in [0.2, 0.25) is 0 Å². The van der Waals surface area contributed by atoms with Crippen molar-refractivity contribution in [2.45, 2.75) is 79.8 Å². The van der Waals surface area contributed by atoms with E-state index in [1.54, 1.807) is 11.3 Å². The summed E-state index contributed by atoms with van der Waals surface area (Å²) in [6.07, 6.45) is 13.9. The molecule has 0 aliphatic rings. The Kier molecular flexibility index (Phi) is 11.0. The van der Waals surface area contributed by atoms with Crippen molar-refractivity contribution in [2.24, 2.45) is 0 Å². The van der Waals surface area contributed by atoms with Gasteiger partial charge in [0, 0.05) is 5.75 Å². The Bertz CT molecular complexity index is 315. The molecule has 2 nitrogen and oxygen atoms in total. The summed E-state index contributed by atoms with van der Waals surface area (Å²) < 4.78 is 1.83. The minimum absolute atomic E-state index is 0.769. The van der Waals surface area contributed by atoms with E-state index in [1.165, 1.54) is 70.0 Å². The molecule has 110 valence electrons. The monoisotopic (exact) mass is 318 g/mol. The molecule has 0 aliphatic carbocycles. The van der Waals surface area contributed by atoms with Crippen LogP contribution in [0.5, 0.6) is 0 Å². The van der Waals surface area contributed by atoms with Crippen LogP contribution in [-0.2, 0) is 0 Å². The maximum absolute atomic E-state index is 4.17. The van der Waals surface area contributed by atoms with Crippen LogP contribution in [-0.4, -0.2) is 16.0 Å². The molecule has 19 heavy (non-hydrogen) atoms. The summed E-state index contributed by atoms with van der Waals surface area (Å²) in [6.45, 7) is 2.27. The van der Waals surface area contributed by atoms with Crippen molar-refractivity contribution >= 4 is 35.7 Å². The number of unbranched alkanes of at least 4 members (excludes halogenated alkanes) is 9. The predicted molar refractivity (Wildman–Crippen MR) is 89.7 cm³/mol. The Balaban J connectivity index is 1.79. The van der Waals surface area contributed by atoms with Crippen LogP contribution in [0.1, 0.15) is 71.1 Å². The molecule has 0 amide bonds. The van der Waals surface area contributed by atoms with Crippen molar-refractivity contribution in [1.82, 2.24) is 10.2 Å². The zero-order valence-corrected chi connectivity index (χ0v) is 14.5. The third kappa shape index (κ3) is 9.74. The minimum atomic E-state index is 0.769. The number of hydrogen-bond acceptors (Lipinski definition) is 5. The summed E-state index contributed by atoms with van der Waals surface area (Å²) in [7, 11) is 0. The van der Waals surface area contributed by atoms with Gasteiger partial charge < -0.3 is 0 Å². The van der Waals surface area contributed by atoms with E-state index in [4.69, 9.17) is 0 Å². The number of hydrogen-bond donors (Lipinski definition) is 1. The van der Waals surface area contributed by atoms with Gasteiger partial charge in [0.25, 0.3) is 0 Å². The third-order valence-corrected chi connectivity index (χ3v) is 5.43. The summed E-state index contributed by atoms with van der Waals surface area (Å²) in [5.41, 5.74) is 0. The Morgan fingerprint density at radius 3 is 2.00 bits per heavy atom. The Hall–Kier alpha value is 0.260. The van der Waals surface area contributed by atoms with Crippen molar-refractivity contribution in [1.29, 1.82) is 0 Å². The highest BCUT2D eigenvalue weighted by molar-refractivity contribution is 8.01. The highest BCUT2D eigenvalue weighted by atomic mass is 32.2. The van der Waals surface area contributed by atoms with Gasteiger partial charge in [0.05, 0.1) is 0 Å². The molecular formula is C14H26N2S3. The topological polar surface area (TPSA) is 25.8 Å². The predicted octanol–water partition coefficient (Wildman–Crippen LogP) is 5.84. The fourth-order valence-electron chi connectivity index (χ4n) is 2.01. The lowest BCUT2D eigenvalue weighted by molar-refractivity contribution is 0.563. The molecule has 0 aliphatic heterocycles. The van der Waals surface area contributed by atoms with Gasteiger partial charge in [0.15, 0.2) is 8.68 Å². The van der Waals surface area contributed by atoms with Gasteiger partial charge in [-0.1, -0.05) is 87.8 Å². The summed E-state index contributed by atoms with van der Waals surface area (Å²) in [6, 6.07) is 0. The molecule has 5 heteroatoms. The third-order valence-electron chi connectivity index (χ3n) is 3.12. The molecule has 0 bridgehead atoms. The fourth-order valence-corrected chi connectivity index (χ4v) is 4.16. The van der Waals surface area contributed by atoms with E-state index in [1.807, 2.05) is 11.8 Å². The standard InChI is InChI=1S/C14H26N2S3/c1-2-3-4-5-6-7-8-9-10-11-12-18-14-16-15-13(17)19-14/h2-12H2,1H3,(H,15,17). The quantitative estimate of drug-likeness (QED) is 0.298. The lowest BCUT2D eigenvalue weighted by Crippen LogP contribution is -1.84. The molecule has 0 radical (unpaired) electrons. The minimum Gasteiger partial charge on any atom is -0.131 e. The van der Waals surface area contributed by atoms with Gasteiger partial charge in [0.1, 0.15) is 0 Å². The average Bonchev–Trinajstić information content (AvgIpc) is 2.82. The van der Waals surface area contributed by atoms with Crippen LogP contribution >= 0.6 is 35.7 Å². The number of nitrogens with zero attached hydrogens (tertiary/aromatic N) is 2. The molecule has 1 heterocycles. The molecule has 0 unspecified atom stereocenters. The first kappa shape index (κ1) is 17.3. The van der Waals surface area contributed by atoms with E-state index >= 15 is 0 Å². The van der Waals surface area contributed by atoms with Crippen molar-refractivity contribution in [3.63, 3.8) is 0 Å². The maximum atomic E-state index is 4.17. The number of aromatic nitrogens is 2. The average molecular weight is 319 g/mol. The molecule has 0 fully saturated rings. The molecule has 0 spiro atoms. The van der Waals surface area contributed by atoms with Crippen LogP contribution in [0.25, 0.3) is 0 Å². The van der Waals surface area contributed by atoms with Crippen molar-refractivity contribution < 1.29 is 0 Å². The maximum Gasteiger partial charge on any atom is 0.175 e. The second kappa shape index (κ2) is 12.0. The molecule has 0 saturated carbocycles. The first-order chi connectivity index (χ1) is 9.33. The smallest absolute Gasteiger partial charge is 0.131 e.